The molecule has 0 aromatic rings. The topological polar surface area (TPSA) is 32.8 Å². The molecule has 0 heterocycles. The number of ether oxygens (including phenoxy) is 1. The van der Waals surface area contributed by atoms with Crippen molar-refractivity contribution in [3.63, 3.8) is 0 Å². The Morgan fingerprint density at radius 1 is 1.21 bits per heavy atom. The molecule has 4 heteroatoms. The average Bonchev–Trinajstić information content (AvgIpc) is 2.30. The maximum Gasteiger partial charge on any atom is 0.410 e. The third-order valence-electron chi connectivity index (χ3n) is 3.20. The second kappa shape index (κ2) is 8.41. The van der Waals surface area contributed by atoms with Crippen molar-refractivity contribution in [3.05, 3.63) is 0 Å². The molecule has 0 N–H and O–H groups in total. The van der Waals surface area contributed by atoms with Gasteiger partial charge in [-0.05, 0) is 54.1 Å². The third-order valence-corrected chi connectivity index (χ3v) is 3.20. The fourth-order valence-corrected chi connectivity index (χ4v) is 1.66. The van der Waals surface area contributed by atoms with Gasteiger partial charge in [0.2, 0.25) is 0 Å². The molecule has 4 nitrogen and oxygen atoms in total. The zero-order valence-corrected chi connectivity index (χ0v) is 13.8. The van der Waals surface area contributed by atoms with Gasteiger partial charge in [-0.2, -0.15) is 0 Å². The molecule has 19 heavy (non-hydrogen) atoms. The Kier molecular flexibility index (Phi) is 8.07. The lowest BCUT2D eigenvalue weighted by Crippen LogP contribution is -2.38. The largest absolute Gasteiger partial charge is 0.444 e. The van der Waals surface area contributed by atoms with E-state index in [0.717, 1.165) is 19.5 Å². The molecule has 0 spiro atoms. The highest BCUT2D eigenvalue weighted by atomic mass is 16.6. The van der Waals surface area contributed by atoms with Crippen molar-refractivity contribution in [3.8, 4) is 0 Å². The molecule has 0 aliphatic rings. The summed E-state index contributed by atoms with van der Waals surface area (Å²) in [6.45, 7) is 11.9. The second-order valence-electron chi connectivity index (χ2n) is 6.37. The molecule has 0 aliphatic heterocycles. The predicted octanol–water partition coefficient (Wildman–Crippen LogP) is 3.36. The van der Waals surface area contributed by atoms with Crippen LogP contribution >= 0.6 is 0 Å². The summed E-state index contributed by atoms with van der Waals surface area (Å²) in [5, 5.41) is 0. The van der Waals surface area contributed by atoms with Crippen molar-refractivity contribution < 1.29 is 9.53 Å². The van der Waals surface area contributed by atoms with Gasteiger partial charge in [-0.25, -0.2) is 4.79 Å². The van der Waals surface area contributed by atoms with Gasteiger partial charge in [-0.1, -0.05) is 13.3 Å². The lowest BCUT2D eigenvalue weighted by molar-refractivity contribution is 0.0286. The number of amides is 1. The number of hydrogen-bond acceptors (Lipinski definition) is 3. The zero-order valence-electron chi connectivity index (χ0n) is 13.8. The van der Waals surface area contributed by atoms with Gasteiger partial charge in [-0.3, -0.25) is 0 Å². The van der Waals surface area contributed by atoms with Crippen LogP contribution < -0.4 is 0 Å². The minimum Gasteiger partial charge on any atom is -0.444 e. The van der Waals surface area contributed by atoms with E-state index in [4.69, 9.17) is 4.74 Å². The highest BCUT2D eigenvalue weighted by molar-refractivity contribution is 5.67. The van der Waals surface area contributed by atoms with Gasteiger partial charge in [0.15, 0.2) is 0 Å². The number of hydrogen-bond donors (Lipinski definition) is 0. The Labute approximate surface area is 119 Å². The fourth-order valence-electron chi connectivity index (χ4n) is 1.66. The van der Waals surface area contributed by atoms with Gasteiger partial charge in [0.05, 0.1) is 0 Å². The molecule has 1 amide bonds. The van der Waals surface area contributed by atoms with Gasteiger partial charge in [0.25, 0.3) is 0 Å². The van der Waals surface area contributed by atoms with Crippen LogP contribution in [0.25, 0.3) is 0 Å². The summed E-state index contributed by atoms with van der Waals surface area (Å²) in [6.07, 6.45) is 3.17. The molecule has 114 valence electrons. The Morgan fingerprint density at radius 2 is 1.79 bits per heavy atom. The maximum atomic E-state index is 11.8. The van der Waals surface area contributed by atoms with E-state index in [1.807, 2.05) is 20.8 Å². The van der Waals surface area contributed by atoms with E-state index < -0.39 is 5.60 Å². The lowest BCUT2D eigenvalue weighted by Gasteiger charge is -2.28. The number of carbonyl (C=O) groups excluding carboxylic acids is 1. The van der Waals surface area contributed by atoms with Crippen molar-refractivity contribution >= 4 is 6.09 Å². The maximum absolute atomic E-state index is 11.8. The fraction of sp³-hybridized carbons (Fsp3) is 0.933. The van der Waals surface area contributed by atoms with Gasteiger partial charge >= 0.3 is 6.09 Å². The van der Waals surface area contributed by atoms with Crippen LogP contribution in [0.5, 0.6) is 0 Å². The first-order valence-corrected chi connectivity index (χ1v) is 7.31. The summed E-state index contributed by atoms with van der Waals surface area (Å²) in [5.41, 5.74) is -0.422. The minimum absolute atomic E-state index is 0.240. The van der Waals surface area contributed by atoms with Crippen LogP contribution in [0.4, 0.5) is 4.79 Å². The molecule has 0 saturated carbocycles. The first-order valence-electron chi connectivity index (χ1n) is 7.31. The van der Waals surface area contributed by atoms with E-state index >= 15 is 0 Å². The first kappa shape index (κ1) is 18.2. The van der Waals surface area contributed by atoms with Crippen LogP contribution in [-0.2, 0) is 4.74 Å². The van der Waals surface area contributed by atoms with E-state index in [0.29, 0.717) is 6.04 Å². The quantitative estimate of drug-likeness (QED) is 0.712. The minimum atomic E-state index is -0.422. The monoisotopic (exact) mass is 272 g/mol. The lowest BCUT2D eigenvalue weighted by atomic mass is 10.2. The van der Waals surface area contributed by atoms with Crippen LogP contribution in [0.3, 0.4) is 0 Å². The Bertz CT molecular complexity index is 261. The number of rotatable bonds is 7. The van der Waals surface area contributed by atoms with Gasteiger partial charge in [0, 0.05) is 19.6 Å². The molecule has 0 bridgehead atoms. The number of unbranched alkanes of at least 4 members (excludes halogenated alkanes) is 1. The van der Waals surface area contributed by atoms with Crippen molar-refractivity contribution in [1.82, 2.24) is 9.80 Å². The smallest absolute Gasteiger partial charge is 0.410 e. The molecule has 0 aromatic carbocycles. The third kappa shape index (κ3) is 8.87. The van der Waals surface area contributed by atoms with Crippen LogP contribution in [-0.4, -0.2) is 54.7 Å². The SMILES string of the molecule is CCCCN(C)C(C)CCN(C)C(=O)OC(C)(C)C. The van der Waals surface area contributed by atoms with Crippen molar-refractivity contribution in [2.45, 2.75) is 65.5 Å². The van der Waals surface area contributed by atoms with E-state index in [9.17, 15) is 4.79 Å². The highest BCUT2D eigenvalue weighted by Gasteiger charge is 2.20. The molecule has 0 saturated heterocycles. The van der Waals surface area contributed by atoms with Gasteiger partial charge in [0.1, 0.15) is 5.60 Å². The molecule has 1 unspecified atom stereocenters. The Balaban J connectivity index is 4.01. The van der Waals surface area contributed by atoms with E-state index in [1.165, 1.54) is 12.8 Å². The van der Waals surface area contributed by atoms with Crippen LogP contribution in [0.2, 0.25) is 0 Å². The molecule has 0 aliphatic carbocycles. The zero-order chi connectivity index (χ0) is 15.1. The molecule has 1 atom stereocenters. The standard InChI is InChI=1S/C15H32N2O2/c1-8-9-11-16(6)13(2)10-12-17(7)14(18)19-15(3,4)5/h13H,8-12H2,1-7H3. The second-order valence-corrected chi connectivity index (χ2v) is 6.37. The van der Waals surface area contributed by atoms with E-state index in [2.05, 4.69) is 25.8 Å². The predicted molar refractivity (Wildman–Crippen MR) is 80.5 cm³/mol. The van der Waals surface area contributed by atoms with E-state index in [-0.39, 0.29) is 6.09 Å². The number of carbonyl (C=O) groups is 1. The Morgan fingerprint density at radius 3 is 2.26 bits per heavy atom. The summed E-state index contributed by atoms with van der Waals surface area (Å²) < 4.78 is 5.33. The summed E-state index contributed by atoms with van der Waals surface area (Å²) >= 11 is 0. The molecule has 0 fully saturated rings. The summed E-state index contributed by atoms with van der Waals surface area (Å²) in [7, 11) is 3.95. The highest BCUT2D eigenvalue weighted by Crippen LogP contribution is 2.10. The van der Waals surface area contributed by atoms with Gasteiger partial charge in [-0.15, -0.1) is 0 Å². The molecular weight excluding hydrogens is 240 g/mol. The normalized spacial score (nSPS) is 13.5. The molecule has 0 radical (unpaired) electrons. The Hall–Kier alpha value is -0.770. The first-order chi connectivity index (χ1) is 8.67. The number of nitrogens with zero attached hydrogens (tertiary/aromatic N) is 2. The summed E-state index contributed by atoms with van der Waals surface area (Å²) in [6, 6.07) is 0.483. The van der Waals surface area contributed by atoms with Gasteiger partial charge < -0.3 is 14.5 Å². The van der Waals surface area contributed by atoms with E-state index in [1.54, 1.807) is 11.9 Å². The molecule has 0 aromatic heterocycles. The van der Waals surface area contributed by atoms with Crippen molar-refractivity contribution in [2.75, 3.05) is 27.2 Å². The summed E-state index contributed by atoms with van der Waals surface area (Å²) in [4.78, 5) is 15.8. The van der Waals surface area contributed by atoms with Crippen molar-refractivity contribution in [1.29, 1.82) is 0 Å². The molecule has 0 rings (SSSR count). The van der Waals surface area contributed by atoms with Crippen LogP contribution in [0.15, 0.2) is 0 Å². The average molecular weight is 272 g/mol. The van der Waals surface area contributed by atoms with Crippen LogP contribution in [0.1, 0.15) is 53.9 Å². The summed E-state index contributed by atoms with van der Waals surface area (Å²) in [5.74, 6) is 0. The van der Waals surface area contributed by atoms with Crippen molar-refractivity contribution in [2.24, 2.45) is 0 Å². The van der Waals surface area contributed by atoms with Crippen LogP contribution in [0, 0.1) is 0 Å². The molecular formula is C15H32N2O2.